The third-order valence-electron chi connectivity index (χ3n) is 2.72. The Kier molecular flexibility index (Phi) is 6.16. The summed E-state index contributed by atoms with van der Waals surface area (Å²) in [5.41, 5.74) is 0.811. The van der Waals surface area contributed by atoms with Crippen molar-refractivity contribution in [3.63, 3.8) is 0 Å². The quantitative estimate of drug-likeness (QED) is 0.800. The Bertz CT molecular complexity index is 553. The van der Waals surface area contributed by atoms with Crippen molar-refractivity contribution in [1.82, 2.24) is 4.72 Å². The van der Waals surface area contributed by atoms with Gasteiger partial charge < -0.3 is 5.32 Å². The molecule has 5 nitrogen and oxygen atoms in total. The predicted molar refractivity (Wildman–Crippen MR) is 83.9 cm³/mol. The number of anilines is 1. The van der Waals surface area contributed by atoms with Gasteiger partial charge in [0.25, 0.3) is 0 Å². The van der Waals surface area contributed by atoms with Gasteiger partial charge in [-0.2, -0.15) is 0 Å². The minimum Gasteiger partial charge on any atom is -0.384 e. The standard InChI is InChI=1S/C13H22N2O3S2/c1-10(2)15-20(17,18)13-7-5-12(6-8-13)14-9-11(3)19(4)16/h5-8,10-11,14-15H,9H2,1-4H3. The fraction of sp³-hybridized carbons (Fsp3) is 0.538. The van der Waals surface area contributed by atoms with Gasteiger partial charge in [0.1, 0.15) is 0 Å². The van der Waals surface area contributed by atoms with E-state index in [-0.39, 0.29) is 16.2 Å². The number of hydrogen-bond acceptors (Lipinski definition) is 4. The maximum atomic E-state index is 11.9. The van der Waals surface area contributed by atoms with Crippen LogP contribution in [0.3, 0.4) is 0 Å². The second-order valence-electron chi connectivity index (χ2n) is 4.99. The molecular weight excluding hydrogens is 296 g/mol. The van der Waals surface area contributed by atoms with Crippen LogP contribution in [0.1, 0.15) is 20.8 Å². The zero-order valence-corrected chi connectivity index (χ0v) is 13.8. The summed E-state index contributed by atoms with van der Waals surface area (Å²) in [5, 5.41) is 3.18. The summed E-state index contributed by atoms with van der Waals surface area (Å²) in [6, 6.07) is 6.39. The minimum absolute atomic E-state index is 0.0426. The molecule has 114 valence electrons. The van der Waals surface area contributed by atoms with Crippen LogP contribution in [0.15, 0.2) is 29.2 Å². The SMILES string of the molecule is CC(C)NS(=O)(=O)c1ccc(NCC(C)S(C)=O)cc1. The Hall–Kier alpha value is -0.920. The molecule has 0 aliphatic heterocycles. The van der Waals surface area contributed by atoms with E-state index in [1.165, 1.54) is 0 Å². The van der Waals surface area contributed by atoms with Gasteiger partial charge in [-0.25, -0.2) is 13.1 Å². The van der Waals surface area contributed by atoms with Gasteiger partial charge in [0.2, 0.25) is 10.0 Å². The number of benzene rings is 1. The van der Waals surface area contributed by atoms with Gasteiger partial charge in [0, 0.05) is 40.6 Å². The van der Waals surface area contributed by atoms with E-state index in [1.54, 1.807) is 44.4 Å². The van der Waals surface area contributed by atoms with Crippen molar-refractivity contribution in [3.05, 3.63) is 24.3 Å². The predicted octanol–water partition coefficient (Wildman–Crippen LogP) is 1.55. The van der Waals surface area contributed by atoms with Gasteiger partial charge in [-0.05, 0) is 45.0 Å². The Morgan fingerprint density at radius 2 is 1.70 bits per heavy atom. The number of sulfonamides is 1. The monoisotopic (exact) mass is 318 g/mol. The van der Waals surface area contributed by atoms with E-state index in [2.05, 4.69) is 10.0 Å². The van der Waals surface area contributed by atoms with Crippen LogP contribution in [0.25, 0.3) is 0 Å². The van der Waals surface area contributed by atoms with E-state index in [0.717, 1.165) is 5.69 Å². The highest BCUT2D eigenvalue weighted by molar-refractivity contribution is 7.89. The van der Waals surface area contributed by atoms with Gasteiger partial charge in [0.15, 0.2) is 0 Å². The molecule has 0 saturated heterocycles. The molecule has 0 radical (unpaired) electrons. The highest BCUT2D eigenvalue weighted by Gasteiger charge is 2.14. The number of hydrogen-bond donors (Lipinski definition) is 2. The van der Waals surface area contributed by atoms with Gasteiger partial charge >= 0.3 is 0 Å². The summed E-state index contributed by atoms with van der Waals surface area (Å²) in [5.74, 6) is 0. The lowest BCUT2D eigenvalue weighted by molar-refractivity contribution is 0.570. The topological polar surface area (TPSA) is 75.3 Å². The molecule has 0 aliphatic rings. The van der Waals surface area contributed by atoms with Gasteiger partial charge in [0.05, 0.1) is 4.90 Å². The van der Waals surface area contributed by atoms with Crippen LogP contribution < -0.4 is 10.0 Å². The fourth-order valence-corrected chi connectivity index (χ4v) is 3.08. The molecule has 0 bridgehead atoms. The largest absolute Gasteiger partial charge is 0.384 e. The molecule has 1 aromatic carbocycles. The van der Waals surface area contributed by atoms with Crippen molar-refractivity contribution in [2.75, 3.05) is 18.1 Å². The normalized spacial score (nSPS) is 15.1. The lowest BCUT2D eigenvalue weighted by Gasteiger charge is -2.12. The number of nitrogens with one attached hydrogen (secondary N) is 2. The lowest BCUT2D eigenvalue weighted by Crippen LogP contribution is -2.30. The van der Waals surface area contributed by atoms with Crippen molar-refractivity contribution in [3.8, 4) is 0 Å². The van der Waals surface area contributed by atoms with Crippen LogP contribution in [0.5, 0.6) is 0 Å². The molecule has 0 heterocycles. The Morgan fingerprint density at radius 1 is 1.15 bits per heavy atom. The zero-order valence-electron chi connectivity index (χ0n) is 12.2. The maximum absolute atomic E-state index is 11.9. The Labute approximate surface area is 123 Å². The Morgan fingerprint density at radius 3 is 2.15 bits per heavy atom. The van der Waals surface area contributed by atoms with E-state index in [1.807, 2.05) is 6.92 Å². The van der Waals surface area contributed by atoms with Crippen molar-refractivity contribution in [2.24, 2.45) is 0 Å². The van der Waals surface area contributed by atoms with Crippen LogP contribution in [0, 0.1) is 0 Å². The number of rotatable bonds is 7. The first kappa shape index (κ1) is 17.1. The van der Waals surface area contributed by atoms with Gasteiger partial charge in [-0.3, -0.25) is 4.21 Å². The van der Waals surface area contributed by atoms with E-state index < -0.39 is 20.8 Å². The van der Waals surface area contributed by atoms with Gasteiger partial charge in [-0.1, -0.05) is 0 Å². The fourth-order valence-electron chi connectivity index (χ4n) is 1.51. The molecule has 1 rings (SSSR count). The first-order valence-electron chi connectivity index (χ1n) is 6.41. The molecule has 7 heteroatoms. The summed E-state index contributed by atoms with van der Waals surface area (Å²) < 4.78 is 37.6. The highest BCUT2D eigenvalue weighted by Crippen LogP contribution is 2.14. The molecule has 0 aromatic heterocycles. The highest BCUT2D eigenvalue weighted by atomic mass is 32.2. The first-order valence-corrected chi connectivity index (χ1v) is 9.51. The van der Waals surface area contributed by atoms with Crippen molar-refractivity contribution >= 4 is 26.5 Å². The molecule has 0 aliphatic carbocycles. The second-order valence-corrected chi connectivity index (χ2v) is 8.51. The summed E-state index contributed by atoms with van der Waals surface area (Å²) in [6.45, 7) is 6.04. The van der Waals surface area contributed by atoms with Crippen molar-refractivity contribution < 1.29 is 12.6 Å². The second kappa shape index (κ2) is 7.19. The van der Waals surface area contributed by atoms with Crippen LogP contribution in [0.4, 0.5) is 5.69 Å². The molecule has 2 unspecified atom stereocenters. The molecular formula is C13H22N2O3S2. The maximum Gasteiger partial charge on any atom is 0.240 e. The minimum atomic E-state index is -3.45. The third-order valence-corrected chi connectivity index (χ3v) is 5.69. The molecule has 2 N–H and O–H groups in total. The molecule has 2 atom stereocenters. The van der Waals surface area contributed by atoms with E-state index in [4.69, 9.17) is 0 Å². The van der Waals surface area contributed by atoms with Crippen molar-refractivity contribution in [1.29, 1.82) is 0 Å². The Balaban J connectivity index is 2.72. The van der Waals surface area contributed by atoms with Crippen LogP contribution in [-0.2, 0) is 20.8 Å². The molecule has 0 saturated carbocycles. The average molecular weight is 318 g/mol. The van der Waals surface area contributed by atoms with Gasteiger partial charge in [-0.15, -0.1) is 0 Å². The molecule has 0 fully saturated rings. The van der Waals surface area contributed by atoms with E-state index >= 15 is 0 Å². The third kappa shape index (κ3) is 5.22. The van der Waals surface area contributed by atoms with E-state index in [9.17, 15) is 12.6 Å². The van der Waals surface area contributed by atoms with Crippen LogP contribution in [0.2, 0.25) is 0 Å². The van der Waals surface area contributed by atoms with Crippen LogP contribution in [-0.4, -0.2) is 36.7 Å². The summed E-state index contributed by atoms with van der Waals surface area (Å²) in [7, 11) is -4.32. The zero-order chi connectivity index (χ0) is 15.3. The summed E-state index contributed by atoms with van der Waals surface area (Å²) in [6.07, 6.45) is 1.67. The summed E-state index contributed by atoms with van der Waals surface area (Å²) >= 11 is 0. The molecule has 0 spiro atoms. The summed E-state index contributed by atoms with van der Waals surface area (Å²) in [4.78, 5) is 0.240. The molecule has 0 amide bonds. The smallest absolute Gasteiger partial charge is 0.240 e. The van der Waals surface area contributed by atoms with E-state index in [0.29, 0.717) is 6.54 Å². The first-order chi connectivity index (χ1) is 9.22. The van der Waals surface area contributed by atoms with Crippen molar-refractivity contribution in [2.45, 2.75) is 37.0 Å². The molecule has 20 heavy (non-hydrogen) atoms. The average Bonchev–Trinajstić information content (AvgIpc) is 2.34. The lowest BCUT2D eigenvalue weighted by atomic mass is 10.3. The van der Waals surface area contributed by atoms with Crippen LogP contribution >= 0.6 is 0 Å². The molecule has 1 aromatic rings.